The molecule has 1 heterocycles. The summed E-state index contributed by atoms with van der Waals surface area (Å²) in [6, 6.07) is 4.59. The van der Waals surface area contributed by atoms with Crippen molar-refractivity contribution in [3.05, 3.63) is 34.4 Å². The molecule has 16 heavy (non-hydrogen) atoms. The van der Waals surface area contributed by atoms with Crippen molar-refractivity contribution in [1.82, 2.24) is 9.59 Å². The first-order chi connectivity index (χ1) is 7.66. The van der Waals surface area contributed by atoms with Gasteiger partial charge in [-0.1, -0.05) is 4.49 Å². The minimum Gasteiger partial charge on any atom is -0.507 e. The molecular weight excluding hydrogens is 294 g/mol. The van der Waals surface area contributed by atoms with Crippen LogP contribution in [-0.2, 0) is 0 Å². The van der Waals surface area contributed by atoms with Crippen LogP contribution in [0.1, 0.15) is 10.4 Å². The van der Waals surface area contributed by atoms with Crippen LogP contribution < -0.4 is 5.32 Å². The Kier molecular flexibility index (Phi) is 3.16. The van der Waals surface area contributed by atoms with E-state index < -0.39 is 0 Å². The quantitative estimate of drug-likeness (QED) is 0.892. The molecule has 7 heteroatoms. The first kappa shape index (κ1) is 11.0. The van der Waals surface area contributed by atoms with Crippen molar-refractivity contribution in [2.45, 2.75) is 0 Å². The van der Waals surface area contributed by atoms with Gasteiger partial charge in [-0.3, -0.25) is 4.79 Å². The molecule has 0 aliphatic heterocycles. The molecule has 0 atom stereocenters. The van der Waals surface area contributed by atoms with Crippen molar-refractivity contribution >= 4 is 38.4 Å². The molecule has 1 amide bonds. The highest BCUT2D eigenvalue weighted by Gasteiger charge is 2.09. The Balaban J connectivity index is 2.18. The number of anilines is 1. The molecule has 1 aromatic heterocycles. The predicted octanol–water partition coefficient (Wildman–Crippen LogP) is 2.26. The maximum absolute atomic E-state index is 11.7. The number of hydrogen-bond donors (Lipinski definition) is 2. The molecule has 1 aromatic carbocycles. The lowest BCUT2D eigenvalue weighted by Crippen LogP contribution is -2.10. The summed E-state index contributed by atoms with van der Waals surface area (Å²) >= 11 is 4.23. The van der Waals surface area contributed by atoms with Gasteiger partial charge in [0.1, 0.15) is 10.8 Å². The Morgan fingerprint density at radius 2 is 2.31 bits per heavy atom. The summed E-state index contributed by atoms with van der Waals surface area (Å²) in [6.45, 7) is 0. The highest BCUT2D eigenvalue weighted by molar-refractivity contribution is 9.10. The van der Waals surface area contributed by atoms with Gasteiger partial charge in [0.25, 0.3) is 5.91 Å². The molecule has 0 unspecified atom stereocenters. The number of aromatic nitrogens is 2. The number of benzene rings is 1. The Labute approximate surface area is 103 Å². The summed E-state index contributed by atoms with van der Waals surface area (Å²) in [5.41, 5.74) is 0.370. The molecule has 0 radical (unpaired) electrons. The van der Waals surface area contributed by atoms with Crippen molar-refractivity contribution in [3.63, 3.8) is 0 Å². The number of carbonyl (C=O) groups excluding carboxylic acids is 1. The molecule has 0 saturated carbocycles. The molecule has 2 N–H and O–H groups in total. The minimum atomic E-state index is -0.311. The van der Waals surface area contributed by atoms with Crippen LogP contribution >= 0.6 is 27.5 Å². The van der Waals surface area contributed by atoms with E-state index in [4.69, 9.17) is 0 Å². The Morgan fingerprint density at radius 1 is 1.50 bits per heavy atom. The van der Waals surface area contributed by atoms with E-state index >= 15 is 0 Å². The lowest BCUT2D eigenvalue weighted by Gasteiger charge is -2.03. The van der Waals surface area contributed by atoms with E-state index in [-0.39, 0.29) is 11.7 Å². The first-order valence-corrected chi connectivity index (χ1v) is 5.80. The second kappa shape index (κ2) is 4.58. The number of amides is 1. The summed E-state index contributed by atoms with van der Waals surface area (Å²) in [5.74, 6) is -0.288. The number of phenols is 1. The van der Waals surface area contributed by atoms with Gasteiger partial charge in [-0.05, 0) is 34.1 Å². The number of hydrogen-bond acceptors (Lipinski definition) is 5. The van der Waals surface area contributed by atoms with Gasteiger partial charge in [0.05, 0.1) is 10.7 Å². The van der Waals surface area contributed by atoms with Crippen molar-refractivity contribution in [2.24, 2.45) is 0 Å². The van der Waals surface area contributed by atoms with E-state index in [9.17, 15) is 9.90 Å². The minimum absolute atomic E-state index is 0.0232. The molecule has 2 aromatic rings. The SMILES string of the molecule is O=C(Nc1cnns1)c1ccc(Br)c(O)c1. The summed E-state index contributed by atoms with van der Waals surface area (Å²) < 4.78 is 4.17. The molecule has 2 rings (SSSR count). The summed E-state index contributed by atoms with van der Waals surface area (Å²) in [4.78, 5) is 11.7. The fraction of sp³-hybridized carbons (Fsp3) is 0. The van der Waals surface area contributed by atoms with Crippen LogP contribution in [0.15, 0.2) is 28.9 Å². The lowest BCUT2D eigenvalue weighted by molar-refractivity contribution is 0.102. The highest BCUT2D eigenvalue weighted by Crippen LogP contribution is 2.24. The van der Waals surface area contributed by atoms with E-state index in [2.05, 4.69) is 30.8 Å². The number of nitrogens with zero attached hydrogens (tertiary/aromatic N) is 2. The van der Waals surface area contributed by atoms with Gasteiger partial charge in [0, 0.05) is 17.1 Å². The Hall–Kier alpha value is -1.47. The average Bonchev–Trinajstić information content (AvgIpc) is 2.74. The van der Waals surface area contributed by atoms with Gasteiger partial charge in [-0.2, -0.15) is 0 Å². The van der Waals surface area contributed by atoms with Gasteiger partial charge in [0.2, 0.25) is 0 Å². The maximum Gasteiger partial charge on any atom is 0.256 e. The third-order valence-corrected chi connectivity index (χ3v) is 3.06. The van der Waals surface area contributed by atoms with Gasteiger partial charge in [0.15, 0.2) is 0 Å². The molecule has 82 valence electrons. The summed E-state index contributed by atoms with van der Waals surface area (Å²) in [6.07, 6.45) is 1.46. The molecular formula is C9H6BrN3O2S. The van der Waals surface area contributed by atoms with Gasteiger partial charge in [-0.25, -0.2) is 0 Å². The molecule has 0 saturated heterocycles. The fourth-order valence-corrected chi connectivity index (χ4v) is 1.72. The van der Waals surface area contributed by atoms with Crippen LogP contribution in [0.3, 0.4) is 0 Å². The number of nitrogens with one attached hydrogen (secondary N) is 1. The van der Waals surface area contributed by atoms with Crippen molar-refractivity contribution in [1.29, 1.82) is 0 Å². The van der Waals surface area contributed by atoms with E-state index in [1.807, 2.05) is 0 Å². The molecule has 0 bridgehead atoms. The van der Waals surface area contributed by atoms with E-state index in [0.29, 0.717) is 15.0 Å². The normalized spacial score (nSPS) is 10.1. The summed E-state index contributed by atoms with van der Waals surface area (Å²) in [7, 11) is 0. The lowest BCUT2D eigenvalue weighted by atomic mass is 10.2. The number of rotatable bonds is 2. The molecule has 0 aliphatic carbocycles. The van der Waals surface area contributed by atoms with Crippen LogP contribution in [0.5, 0.6) is 5.75 Å². The van der Waals surface area contributed by atoms with Crippen molar-refractivity contribution < 1.29 is 9.90 Å². The van der Waals surface area contributed by atoms with E-state index in [1.54, 1.807) is 12.1 Å². The zero-order valence-corrected chi connectivity index (χ0v) is 10.2. The van der Waals surface area contributed by atoms with E-state index in [0.717, 1.165) is 11.5 Å². The van der Waals surface area contributed by atoms with Gasteiger partial charge in [-0.15, -0.1) is 5.10 Å². The predicted molar refractivity (Wildman–Crippen MR) is 63.7 cm³/mol. The monoisotopic (exact) mass is 299 g/mol. The van der Waals surface area contributed by atoms with Crippen LogP contribution in [0.25, 0.3) is 0 Å². The number of halogens is 1. The number of aromatic hydroxyl groups is 1. The number of carbonyl (C=O) groups is 1. The second-order valence-electron chi connectivity index (χ2n) is 2.90. The molecule has 0 fully saturated rings. The Morgan fingerprint density at radius 3 is 2.94 bits per heavy atom. The zero-order chi connectivity index (χ0) is 11.5. The van der Waals surface area contributed by atoms with Gasteiger partial charge >= 0.3 is 0 Å². The van der Waals surface area contributed by atoms with Crippen molar-refractivity contribution in [2.75, 3.05) is 5.32 Å². The molecule has 5 nitrogen and oxygen atoms in total. The van der Waals surface area contributed by atoms with Gasteiger partial charge < -0.3 is 10.4 Å². The maximum atomic E-state index is 11.7. The highest BCUT2D eigenvalue weighted by atomic mass is 79.9. The average molecular weight is 300 g/mol. The largest absolute Gasteiger partial charge is 0.507 e. The van der Waals surface area contributed by atoms with E-state index in [1.165, 1.54) is 12.3 Å². The van der Waals surface area contributed by atoms with Crippen LogP contribution in [0.2, 0.25) is 0 Å². The van der Waals surface area contributed by atoms with Crippen LogP contribution in [0, 0.1) is 0 Å². The van der Waals surface area contributed by atoms with Crippen LogP contribution in [-0.4, -0.2) is 20.6 Å². The summed E-state index contributed by atoms with van der Waals surface area (Å²) in [5, 5.41) is 16.2. The topological polar surface area (TPSA) is 75.1 Å². The first-order valence-electron chi connectivity index (χ1n) is 4.24. The number of phenolic OH excluding ortho intramolecular Hbond substituents is 1. The fourth-order valence-electron chi connectivity index (χ4n) is 1.06. The standard InChI is InChI=1S/C9H6BrN3O2S/c10-6-2-1-5(3-7(6)14)9(15)12-8-4-11-13-16-8/h1-4,14H,(H,12,15). The molecule has 0 spiro atoms. The van der Waals surface area contributed by atoms with Crippen molar-refractivity contribution in [3.8, 4) is 5.75 Å². The zero-order valence-electron chi connectivity index (χ0n) is 7.85. The smallest absolute Gasteiger partial charge is 0.256 e. The third-order valence-electron chi connectivity index (χ3n) is 1.81. The van der Waals surface area contributed by atoms with Crippen LogP contribution in [0.4, 0.5) is 5.00 Å². The molecule has 0 aliphatic rings. The Bertz CT molecular complexity index is 515. The second-order valence-corrected chi connectivity index (χ2v) is 4.54. The third kappa shape index (κ3) is 2.37.